The third-order valence-electron chi connectivity index (χ3n) is 7.47. The lowest BCUT2D eigenvalue weighted by atomic mass is 9.91. The molecule has 4 atom stereocenters. The Hall–Kier alpha value is -4.23. The number of carbonyl (C=O) groups is 1. The summed E-state index contributed by atoms with van der Waals surface area (Å²) in [7, 11) is 1.81. The van der Waals surface area contributed by atoms with Gasteiger partial charge in [-0.3, -0.25) is 9.78 Å². The van der Waals surface area contributed by atoms with Crippen molar-refractivity contribution in [1.82, 2.24) is 35.5 Å². The standard InChI is InChI=1S/C31H31N7O4S/c1-19-27(18-43-31-35-36-37-38(31)2)41-30(42-28(19)22-11-9-21(17-39)10-12-22)23-13-7-20(8-14-23)15-33-29(40)26-16-32-24-5-3-4-6-25(24)34-26/h3-14,16,19,27-28,30,39H,15,17-18H2,1-2H3,(H,33,40). The van der Waals surface area contributed by atoms with Crippen LogP contribution in [0.2, 0.25) is 0 Å². The Kier molecular flexibility index (Phi) is 8.70. The third kappa shape index (κ3) is 6.57. The van der Waals surface area contributed by atoms with E-state index in [1.165, 1.54) is 18.0 Å². The molecule has 3 heterocycles. The molecule has 1 saturated heterocycles. The molecule has 12 heteroatoms. The van der Waals surface area contributed by atoms with Gasteiger partial charge in [0.25, 0.3) is 5.91 Å². The molecule has 0 spiro atoms. The zero-order valence-electron chi connectivity index (χ0n) is 23.7. The Morgan fingerprint density at radius 1 is 0.977 bits per heavy atom. The molecule has 43 heavy (non-hydrogen) atoms. The average molecular weight is 598 g/mol. The van der Waals surface area contributed by atoms with E-state index in [9.17, 15) is 9.90 Å². The van der Waals surface area contributed by atoms with Gasteiger partial charge in [0.1, 0.15) is 5.69 Å². The number of thioether (sulfide) groups is 1. The van der Waals surface area contributed by atoms with E-state index < -0.39 is 6.29 Å². The van der Waals surface area contributed by atoms with E-state index in [4.69, 9.17) is 9.47 Å². The van der Waals surface area contributed by atoms with Crippen molar-refractivity contribution in [3.8, 4) is 0 Å². The van der Waals surface area contributed by atoms with Crippen LogP contribution in [-0.4, -0.2) is 53.0 Å². The number of aliphatic hydroxyl groups is 1. The fourth-order valence-electron chi connectivity index (χ4n) is 4.94. The smallest absolute Gasteiger partial charge is 0.271 e. The van der Waals surface area contributed by atoms with Gasteiger partial charge in [-0.05, 0) is 39.2 Å². The van der Waals surface area contributed by atoms with Crippen LogP contribution >= 0.6 is 11.8 Å². The summed E-state index contributed by atoms with van der Waals surface area (Å²) in [6, 6.07) is 23.1. The topological polar surface area (TPSA) is 137 Å². The van der Waals surface area contributed by atoms with Crippen LogP contribution < -0.4 is 5.32 Å². The number of rotatable bonds is 9. The first-order valence-electron chi connectivity index (χ1n) is 13.9. The molecule has 1 fully saturated rings. The van der Waals surface area contributed by atoms with Gasteiger partial charge < -0.3 is 19.9 Å². The SMILES string of the molecule is CC1C(CSc2nnnn2C)OC(c2ccc(CNC(=O)c3cnc4ccccc4n3)cc2)OC1c1ccc(CO)cc1. The largest absolute Gasteiger partial charge is 0.392 e. The molecule has 0 radical (unpaired) electrons. The number of hydrogen-bond donors (Lipinski definition) is 2. The Balaban J connectivity index is 1.15. The van der Waals surface area contributed by atoms with Crippen LogP contribution in [0.15, 0.2) is 84.1 Å². The van der Waals surface area contributed by atoms with Crippen molar-refractivity contribution in [1.29, 1.82) is 0 Å². The highest BCUT2D eigenvalue weighted by Crippen LogP contribution is 2.42. The summed E-state index contributed by atoms with van der Waals surface area (Å²) in [5.41, 5.74) is 5.35. The molecule has 4 unspecified atom stereocenters. The number of para-hydroxylation sites is 2. The van der Waals surface area contributed by atoms with E-state index in [2.05, 4.69) is 37.7 Å². The highest BCUT2D eigenvalue weighted by molar-refractivity contribution is 7.99. The summed E-state index contributed by atoms with van der Waals surface area (Å²) in [6.07, 6.45) is 0.517. The molecule has 11 nitrogen and oxygen atoms in total. The maximum atomic E-state index is 12.7. The van der Waals surface area contributed by atoms with Gasteiger partial charge in [0.05, 0.1) is 36.0 Å². The highest BCUT2D eigenvalue weighted by Gasteiger charge is 2.38. The second-order valence-corrected chi connectivity index (χ2v) is 11.4. The molecular formula is C31H31N7O4S. The van der Waals surface area contributed by atoms with E-state index in [0.717, 1.165) is 27.8 Å². The Morgan fingerprint density at radius 3 is 2.42 bits per heavy atom. The van der Waals surface area contributed by atoms with Crippen molar-refractivity contribution in [3.63, 3.8) is 0 Å². The lowest BCUT2D eigenvalue weighted by molar-refractivity contribution is -0.268. The molecule has 0 saturated carbocycles. The molecule has 1 aliphatic heterocycles. The highest BCUT2D eigenvalue weighted by atomic mass is 32.2. The van der Waals surface area contributed by atoms with E-state index in [1.807, 2.05) is 79.8 Å². The van der Waals surface area contributed by atoms with Crippen LogP contribution in [0.25, 0.3) is 11.0 Å². The quantitative estimate of drug-likeness (QED) is 0.238. The molecule has 1 aliphatic rings. The number of nitrogens with one attached hydrogen (secondary N) is 1. The average Bonchev–Trinajstić information content (AvgIpc) is 3.47. The number of aliphatic hydroxyl groups excluding tert-OH is 1. The minimum Gasteiger partial charge on any atom is -0.392 e. The van der Waals surface area contributed by atoms with Crippen LogP contribution in [0.3, 0.4) is 0 Å². The number of benzene rings is 3. The zero-order chi connectivity index (χ0) is 29.8. The molecule has 0 aliphatic carbocycles. The Labute approximate surface area is 252 Å². The first-order valence-corrected chi connectivity index (χ1v) is 14.9. The minimum absolute atomic E-state index is 0.0133. The number of amides is 1. The second kappa shape index (κ2) is 13.0. The minimum atomic E-state index is -0.599. The molecule has 2 N–H and O–H groups in total. The molecular weight excluding hydrogens is 566 g/mol. The first-order chi connectivity index (χ1) is 21.0. The number of aryl methyl sites for hydroxylation is 1. The molecule has 2 aromatic heterocycles. The Bertz CT molecular complexity index is 1700. The molecule has 3 aromatic carbocycles. The van der Waals surface area contributed by atoms with Gasteiger partial charge in [0.2, 0.25) is 5.16 Å². The maximum absolute atomic E-state index is 12.7. The van der Waals surface area contributed by atoms with Gasteiger partial charge in [-0.25, -0.2) is 9.67 Å². The number of nitrogens with zero attached hydrogens (tertiary/aromatic N) is 6. The summed E-state index contributed by atoms with van der Waals surface area (Å²) >= 11 is 1.54. The zero-order valence-corrected chi connectivity index (χ0v) is 24.5. The van der Waals surface area contributed by atoms with E-state index >= 15 is 0 Å². The molecule has 0 bridgehead atoms. The van der Waals surface area contributed by atoms with E-state index in [0.29, 0.717) is 23.0 Å². The number of tetrazole rings is 1. The fourth-order valence-corrected chi connectivity index (χ4v) is 5.96. The summed E-state index contributed by atoms with van der Waals surface area (Å²) < 4.78 is 14.7. The Morgan fingerprint density at radius 2 is 1.70 bits per heavy atom. The molecule has 1 amide bonds. The number of carbonyl (C=O) groups excluding carboxylic acids is 1. The molecule has 220 valence electrons. The number of fused-ring (bicyclic) bond motifs is 1. The van der Waals surface area contributed by atoms with Gasteiger partial charge in [-0.2, -0.15) is 0 Å². The van der Waals surface area contributed by atoms with Crippen molar-refractivity contribution in [2.75, 3.05) is 5.75 Å². The fraction of sp³-hybridized carbons (Fsp3) is 0.290. The van der Waals surface area contributed by atoms with Crippen LogP contribution in [-0.2, 0) is 29.7 Å². The van der Waals surface area contributed by atoms with Gasteiger partial charge >= 0.3 is 0 Å². The molecule has 6 rings (SSSR count). The number of ether oxygens (including phenoxy) is 2. The van der Waals surface area contributed by atoms with Crippen molar-refractivity contribution in [2.24, 2.45) is 13.0 Å². The normalized spacial score (nSPS) is 20.3. The van der Waals surface area contributed by atoms with Gasteiger partial charge in [0.15, 0.2) is 6.29 Å². The lowest BCUT2D eigenvalue weighted by Gasteiger charge is -2.41. The third-order valence-corrected chi connectivity index (χ3v) is 8.57. The second-order valence-electron chi connectivity index (χ2n) is 10.4. The predicted octanol–water partition coefficient (Wildman–Crippen LogP) is 4.16. The van der Waals surface area contributed by atoms with E-state index in [-0.39, 0.29) is 36.3 Å². The maximum Gasteiger partial charge on any atom is 0.271 e. The van der Waals surface area contributed by atoms with Gasteiger partial charge in [-0.1, -0.05) is 79.3 Å². The summed E-state index contributed by atoms with van der Waals surface area (Å²) in [4.78, 5) is 21.5. The van der Waals surface area contributed by atoms with Crippen LogP contribution in [0.5, 0.6) is 0 Å². The van der Waals surface area contributed by atoms with Crippen molar-refractivity contribution >= 4 is 28.7 Å². The summed E-state index contributed by atoms with van der Waals surface area (Å²) in [5.74, 6) is 0.392. The lowest BCUT2D eigenvalue weighted by Crippen LogP contribution is -2.38. The summed E-state index contributed by atoms with van der Waals surface area (Å²) in [6.45, 7) is 2.44. The summed E-state index contributed by atoms with van der Waals surface area (Å²) in [5, 5.41) is 24.9. The van der Waals surface area contributed by atoms with Gasteiger partial charge in [0, 0.05) is 30.8 Å². The first kappa shape index (κ1) is 28.9. The van der Waals surface area contributed by atoms with Crippen molar-refractivity contribution in [2.45, 2.75) is 43.7 Å². The van der Waals surface area contributed by atoms with E-state index in [1.54, 1.807) is 4.68 Å². The monoisotopic (exact) mass is 597 g/mol. The van der Waals surface area contributed by atoms with Crippen LogP contribution in [0.1, 0.15) is 52.1 Å². The van der Waals surface area contributed by atoms with Crippen molar-refractivity contribution < 1.29 is 19.4 Å². The molecule has 5 aromatic rings. The number of aromatic nitrogens is 6. The van der Waals surface area contributed by atoms with Crippen molar-refractivity contribution in [3.05, 3.63) is 107 Å². The predicted molar refractivity (Wildman–Crippen MR) is 160 cm³/mol. The van der Waals surface area contributed by atoms with Gasteiger partial charge in [-0.15, -0.1) is 5.10 Å². The van der Waals surface area contributed by atoms with Crippen LogP contribution in [0, 0.1) is 5.92 Å². The van der Waals surface area contributed by atoms with Crippen LogP contribution in [0.4, 0.5) is 0 Å². The number of hydrogen-bond acceptors (Lipinski definition) is 10.